The number of fused-ring (bicyclic) bond motifs is 1. The molecule has 3 rings (SSSR count). The van der Waals surface area contributed by atoms with E-state index in [4.69, 9.17) is 9.47 Å². The van der Waals surface area contributed by atoms with Crippen LogP contribution < -0.4 is 14.4 Å². The summed E-state index contributed by atoms with van der Waals surface area (Å²) in [4.78, 5) is 1.96. The Morgan fingerprint density at radius 3 is 2.05 bits per heavy atom. The monoisotopic (exact) mass is 305 g/mol. The minimum absolute atomic E-state index is 0.554. The molecule has 0 atom stereocenters. The van der Waals surface area contributed by atoms with E-state index in [1.165, 1.54) is 17.7 Å². The Bertz CT molecular complexity index is 683. The summed E-state index contributed by atoms with van der Waals surface area (Å²) in [6.45, 7) is 1.28. The molecular formula is C17H17F2NO2. The molecule has 1 aliphatic heterocycles. The van der Waals surface area contributed by atoms with Crippen LogP contribution in [0.2, 0.25) is 0 Å². The van der Waals surface area contributed by atoms with E-state index in [2.05, 4.69) is 0 Å². The fraction of sp³-hybridized carbons (Fsp3) is 0.294. The summed E-state index contributed by atoms with van der Waals surface area (Å²) in [5.41, 5.74) is 2.80. The first kappa shape index (κ1) is 14.6. The molecule has 0 aliphatic carbocycles. The maximum Gasteiger partial charge on any atom is 0.161 e. The Morgan fingerprint density at radius 1 is 0.864 bits per heavy atom. The predicted octanol–water partition coefficient (Wildman–Crippen LogP) is 3.54. The lowest BCUT2D eigenvalue weighted by atomic mass is 9.98. The van der Waals surface area contributed by atoms with Crippen molar-refractivity contribution in [3.05, 3.63) is 53.1 Å². The zero-order valence-corrected chi connectivity index (χ0v) is 12.5. The molecule has 116 valence electrons. The molecule has 1 heterocycles. The maximum absolute atomic E-state index is 13.4. The van der Waals surface area contributed by atoms with Gasteiger partial charge in [-0.2, -0.15) is 0 Å². The third-order valence-electron chi connectivity index (χ3n) is 3.93. The lowest BCUT2D eigenvalue weighted by Crippen LogP contribution is -2.30. The predicted molar refractivity (Wildman–Crippen MR) is 80.7 cm³/mol. The van der Waals surface area contributed by atoms with Gasteiger partial charge in [0.1, 0.15) is 11.6 Å². The van der Waals surface area contributed by atoms with Gasteiger partial charge in [-0.25, -0.2) is 8.78 Å². The first-order valence-corrected chi connectivity index (χ1v) is 7.05. The van der Waals surface area contributed by atoms with E-state index in [0.717, 1.165) is 18.1 Å². The van der Waals surface area contributed by atoms with Crippen molar-refractivity contribution in [2.75, 3.05) is 25.7 Å². The van der Waals surface area contributed by atoms with E-state index in [9.17, 15) is 8.78 Å². The largest absolute Gasteiger partial charge is 0.493 e. The Hall–Kier alpha value is -2.30. The molecule has 0 saturated carbocycles. The summed E-state index contributed by atoms with van der Waals surface area (Å²) in [7, 11) is 3.20. The molecule has 0 bridgehead atoms. The lowest BCUT2D eigenvalue weighted by molar-refractivity contribution is 0.353. The van der Waals surface area contributed by atoms with Crippen molar-refractivity contribution in [3.63, 3.8) is 0 Å². The fourth-order valence-corrected chi connectivity index (χ4v) is 2.83. The summed E-state index contributed by atoms with van der Waals surface area (Å²) in [5, 5.41) is 0. The van der Waals surface area contributed by atoms with Gasteiger partial charge >= 0.3 is 0 Å². The molecule has 2 aromatic carbocycles. The minimum atomic E-state index is -0.562. The molecule has 0 amide bonds. The summed E-state index contributed by atoms with van der Waals surface area (Å²) in [5.74, 6) is 0.237. The SMILES string of the molecule is COc1cc2c(cc1OC)CN(c1cc(F)cc(F)c1)CC2. The molecule has 5 heteroatoms. The van der Waals surface area contributed by atoms with Crippen molar-refractivity contribution in [3.8, 4) is 11.5 Å². The second-order valence-electron chi connectivity index (χ2n) is 5.28. The highest BCUT2D eigenvalue weighted by Gasteiger charge is 2.20. The van der Waals surface area contributed by atoms with Crippen molar-refractivity contribution >= 4 is 5.69 Å². The molecular weight excluding hydrogens is 288 g/mol. The number of rotatable bonds is 3. The van der Waals surface area contributed by atoms with Crippen LogP contribution in [0.4, 0.5) is 14.5 Å². The Morgan fingerprint density at radius 2 is 1.45 bits per heavy atom. The van der Waals surface area contributed by atoms with Gasteiger partial charge < -0.3 is 14.4 Å². The highest BCUT2D eigenvalue weighted by atomic mass is 19.1. The second kappa shape index (κ2) is 5.83. The highest BCUT2D eigenvalue weighted by Crippen LogP contribution is 2.34. The third kappa shape index (κ3) is 2.71. The average molecular weight is 305 g/mol. The number of hydrogen-bond acceptors (Lipinski definition) is 3. The molecule has 0 spiro atoms. The minimum Gasteiger partial charge on any atom is -0.493 e. The van der Waals surface area contributed by atoms with Crippen LogP contribution >= 0.6 is 0 Å². The molecule has 2 aromatic rings. The van der Waals surface area contributed by atoms with Crippen LogP contribution in [0.25, 0.3) is 0 Å². The van der Waals surface area contributed by atoms with Gasteiger partial charge in [0.2, 0.25) is 0 Å². The van der Waals surface area contributed by atoms with Gasteiger partial charge in [0, 0.05) is 24.8 Å². The molecule has 1 aliphatic rings. The van der Waals surface area contributed by atoms with E-state index in [-0.39, 0.29) is 0 Å². The number of halogens is 2. The summed E-state index contributed by atoms with van der Waals surface area (Å²) in [6, 6.07) is 7.49. The van der Waals surface area contributed by atoms with Crippen LogP contribution in [-0.2, 0) is 13.0 Å². The number of benzene rings is 2. The van der Waals surface area contributed by atoms with Gasteiger partial charge in [-0.05, 0) is 41.8 Å². The normalized spacial score (nSPS) is 13.7. The number of anilines is 1. The van der Waals surface area contributed by atoms with Gasteiger partial charge in [-0.15, -0.1) is 0 Å². The smallest absolute Gasteiger partial charge is 0.161 e. The van der Waals surface area contributed by atoms with Crippen molar-refractivity contribution < 1.29 is 18.3 Å². The van der Waals surface area contributed by atoms with Gasteiger partial charge in [-0.1, -0.05) is 0 Å². The second-order valence-corrected chi connectivity index (χ2v) is 5.28. The first-order chi connectivity index (χ1) is 10.6. The van der Waals surface area contributed by atoms with Crippen molar-refractivity contribution in [1.29, 1.82) is 0 Å². The van der Waals surface area contributed by atoms with Crippen LogP contribution in [0, 0.1) is 11.6 Å². The van der Waals surface area contributed by atoms with Crippen molar-refractivity contribution in [1.82, 2.24) is 0 Å². The molecule has 0 fully saturated rings. The van der Waals surface area contributed by atoms with Crippen LogP contribution in [-0.4, -0.2) is 20.8 Å². The topological polar surface area (TPSA) is 21.7 Å². The Labute approximate surface area is 128 Å². The zero-order valence-electron chi connectivity index (χ0n) is 12.5. The molecule has 0 saturated heterocycles. The van der Waals surface area contributed by atoms with Crippen LogP contribution in [0.1, 0.15) is 11.1 Å². The molecule has 3 nitrogen and oxygen atoms in total. The summed E-state index contributed by atoms with van der Waals surface area (Å²) < 4.78 is 37.4. The molecule has 0 radical (unpaired) electrons. The van der Waals surface area contributed by atoms with Crippen LogP contribution in [0.5, 0.6) is 11.5 Å². The van der Waals surface area contributed by atoms with Crippen molar-refractivity contribution in [2.24, 2.45) is 0 Å². The van der Waals surface area contributed by atoms with E-state index < -0.39 is 11.6 Å². The van der Waals surface area contributed by atoms with E-state index in [1.54, 1.807) is 14.2 Å². The third-order valence-corrected chi connectivity index (χ3v) is 3.93. The van der Waals surface area contributed by atoms with Crippen LogP contribution in [0.15, 0.2) is 30.3 Å². The Kier molecular flexibility index (Phi) is 3.88. The highest BCUT2D eigenvalue weighted by molar-refractivity contribution is 5.54. The number of ether oxygens (including phenoxy) is 2. The molecule has 0 N–H and O–H groups in total. The summed E-state index contributed by atoms with van der Waals surface area (Å²) in [6.07, 6.45) is 0.786. The summed E-state index contributed by atoms with van der Waals surface area (Å²) >= 11 is 0. The molecule has 22 heavy (non-hydrogen) atoms. The average Bonchev–Trinajstić information content (AvgIpc) is 2.52. The van der Waals surface area contributed by atoms with Crippen LogP contribution in [0.3, 0.4) is 0 Å². The fourth-order valence-electron chi connectivity index (χ4n) is 2.83. The first-order valence-electron chi connectivity index (χ1n) is 7.05. The number of nitrogens with zero attached hydrogens (tertiary/aromatic N) is 1. The zero-order chi connectivity index (χ0) is 15.7. The van der Waals surface area contributed by atoms with Gasteiger partial charge in [0.05, 0.1) is 14.2 Å². The van der Waals surface area contributed by atoms with Crippen molar-refractivity contribution in [2.45, 2.75) is 13.0 Å². The lowest BCUT2D eigenvalue weighted by Gasteiger charge is -2.31. The van der Waals surface area contributed by atoms with E-state index >= 15 is 0 Å². The molecule has 0 unspecified atom stereocenters. The van der Waals surface area contributed by atoms with Gasteiger partial charge in [-0.3, -0.25) is 0 Å². The van der Waals surface area contributed by atoms with Gasteiger partial charge in [0.25, 0.3) is 0 Å². The van der Waals surface area contributed by atoms with E-state index in [0.29, 0.717) is 30.3 Å². The van der Waals surface area contributed by atoms with E-state index in [1.807, 2.05) is 17.0 Å². The standard InChI is InChI=1S/C17H17F2NO2/c1-21-16-5-11-3-4-20(10-12(11)6-17(16)22-2)15-8-13(18)7-14(19)9-15/h5-9H,3-4,10H2,1-2H3. The number of hydrogen-bond donors (Lipinski definition) is 0. The maximum atomic E-state index is 13.4. The number of methoxy groups -OCH3 is 2. The molecule has 0 aromatic heterocycles. The van der Waals surface area contributed by atoms with Gasteiger partial charge in [0.15, 0.2) is 11.5 Å². The quantitative estimate of drug-likeness (QED) is 0.865. The Balaban J connectivity index is 1.93.